The van der Waals surface area contributed by atoms with E-state index in [-0.39, 0.29) is 11.1 Å². The molecule has 1 fully saturated rings. The van der Waals surface area contributed by atoms with E-state index in [0.717, 1.165) is 0 Å². The summed E-state index contributed by atoms with van der Waals surface area (Å²) in [7, 11) is -1.66. The van der Waals surface area contributed by atoms with Gasteiger partial charge in [-0.3, -0.25) is 0 Å². The van der Waals surface area contributed by atoms with Crippen molar-refractivity contribution in [2.45, 2.75) is 57.5 Å². The summed E-state index contributed by atoms with van der Waals surface area (Å²) in [4.78, 5) is 0. The van der Waals surface area contributed by atoms with Crippen molar-refractivity contribution in [1.82, 2.24) is 5.32 Å². The third-order valence-corrected chi connectivity index (χ3v) is 8.12. The molecule has 4 heteroatoms. The molecule has 1 heterocycles. The van der Waals surface area contributed by atoms with Gasteiger partial charge in [0.25, 0.3) is 0 Å². The SMILES string of the molecule is CC(C)(C)[Si](C)(C)OCC1CC(F)CN1. The van der Waals surface area contributed by atoms with E-state index < -0.39 is 14.5 Å². The van der Waals surface area contributed by atoms with Gasteiger partial charge in [-0.2, -0.15) is 0 Å². The quantitative estimate of drug-likeness (QED) is 0.757. The van der Waals surface area contributed by atoms with Crippen LogP contribution in [0.15, 0.2) is 0 Å². The second kappa shape index (κ2) is 4.51. The Morgan fingerprint density at radius 3 is 2.40 bits per heavy atom. The van der Waals surface area contributed by atoms with E-state index in [0.29, 0.717) is 19.6 Å². The minimum Gasteiger partial charge on any atom is -0.415 e. The molecule has 1 rings (SSSR count). The Labute approximate surface area is 93.7 Å². The molecule has 0 aliphatic carbocycles. The van der Waals surface area contributed by atoms with E-state index in [1.807, 2.05) is 0 Å². The first-order valence-corrected chi connectivity index (χ1v) is 8.64. The van der Waals surface area contributed by atoms with Crippen LogP contribution in [0.3, 0.4) is 0 Å². The Kier molecular flexibility index (Phi) is 3.95. The summed E-state index contributed by atoms with van der Waals surface area (Å²) in [6.45, 7) is 12.3. The van der Waals surface area contributed by atoms with E-state index in [2.05, 4.69) is 39.2 Å². The molecule has 15 heavy (non-hydrogen) atoms. The van der Waals surface area contributed by atoms with Crippen LogP contribution in [-0.2, 0) is 4.43 Å². The van der Waals surface area contributed by atoms with Gasteiger partial charge >= 0.3 is 0 Å². The molecule has 90 valence electrons. The molecule has 0 spiro atoms. The third-order valence-electron chi connectivity index (χ3n) is 3.62. The Morgan fingerprint density at radius 2 is 2.00 bits per heavy atom. The lowest BCUT2D eigenvalue weighted by atomic mass is 10.2. The highest BCUT2D eigenvalue weighted by Gasteiger charge is 2.38. The molecule has 2 nitrogen and oxygen atoms in total. The zero-order valence-corrected chi connectivity index (χ0v) is 11.6. The van der Waals surface area contributed by atoms with Gasteiger partial charge in [-0.1, -0.05) is 20.8 Å². The molecular formula is C11H24FNOSi. The topological polar surface area (TPSA) is 21.3 Å². The van der Waals surface area contributed by atoms with E-state index in [9.17, 15) is 4.39 Å². The predicted octanol–water partition coefficient (Wildman–Crippen LogP) is 2.71. The van der Waals surface area contributed by atoms with Gasteiger partial charge in [-0.15, -0.1) is 0 Å². The molecule has 1 aliphatic rings. The molecule has 0 bridgehead atoms. The van der Waals surface area contributed by atoms with Crippen molar-refractivity contribution in [1.29, 1.82) is 0 Å². The molecule has 0 amide bonds. The van der Waals surface area contributed by atoms with Gasteiger partial charge in [-0.05, 0) is 24.6 Å². The normalized spacial score (nSPS) is 28.4. The molecule has 0 saturated carbocycles. The standard InChI is InChI=1S/C11H24FNOSi/c1-11(2,3)15(4,5)14-8-10-6-9(12)7-13-10/h9-10,13H,6-8H2,1-5H3. The summed E-state index contributed by atoms with van der Waals surface area (Å²) in [6, 6.07) is 0.217. The highest BCUT2D eigenvalue weighted by Crippen LogP contribution is 2.36. The minimum atomic E-state index is -1.66. The molecule has 0 radical (unpaired) electrons. The van der Waals surface area contributed by atoms with Gasteiger partial charge < -0.3 is 9.74 Å². The molecule has 0 aromatic heterocycles. The smallest absolute Gasteiger partial charge is 0.192 e. The summed E-state index contributed by atoms with van der Waals surface area (Å²) in [5.74, 6) is 0. The highest BCUT2D eigenvalue weighted by molar-refractivity contribution is 6.74. The summed E-state index contributed by atoms with van der Waals surface area (Å²) in [5.41, 5.74) is 0. The fraction of sp³-hybridized carbons (Fsp3) is 1.00. The molecule has 0 aromatic carbocycles. The zero-order valence-electron chi connectivity index (χ0n) is 10.6. The first-order valence-electron chi connectivity index (χ1n) is 5.74. The number of nitrogens with one attached hydrogen (secondary N) is 1. The lowest BCUT2D eigenvalue weighted by molar-refractivity contribution is 0.247. The molecule has 1 aliphatic heterocycles. The number of hydrogen-bond donors (Lipinski definition) is 1. The lowest BCUT2D eigenvalue weighted by Gasteiger charge is -2.36. The largest absolute Gasteiger partial charge is 0.415 e. The monoisotopic (exact) mass is 233 g/mol. The lowest BCUT2D eigenvalue weighted by Crippen LogP contribution is -2.43. The van der Waals surface area contributed by atoms with Crippen LogP contribution in [0, 0.1) is 0 Å². The van der Waals surface area contributed by atoms with Gasteiger partial charge in [-0.25, -0.2) is 4.39 Å². The van der Waals surface area contributed by atoms with Crippen molar-refractivity contribution in [3.63, 3.8) is 0 Å². The molecule has 1 N–H and O–H groups in total. The number of alkyl halides is 1. The number of hydrogen-bond acceptors (Lipinski definition) is 2. The molecular weight excluding hydrogens is 209 g/mol. The Morgan fingerprint density at radius 1 is 1.40 bits per heavy atom. The van der Waals surface area contributed by atoms with E-state index >= 15 is 0 Å². The van der Waals surface area contributed by atoms with Crippen LogP contribution in [0.5, 0.6) is 0 Å². The van der Waals surface area contributed by atoms with Crippen LogP contribution in [0.4, 0.5) is 4.39 Å². The van der Waals surface area contributed by atoms with E-state index in [1.165, 1.54) is 0 Å². The average Bonchev–Trinajstić information content (AvgIpc) is 2.46. The molecule has 1 saturated heterocycles. The molecule has 2 atom stereocenters. The van der Waals surface area contributed by atoms with Crippen molar-refractivity contribution < 1.29 is 8.82 Å². The van der Waals surface area contributed by atoms with Crippen LogP contribution < -0.4 is 5.32 Å². The summed E-state index contributed by atoms with van der Waals surface area (Å²) in [6.07, 6.45) is -0.0766. The second-order valence-electron chi connectivity index (χ2n) is 6.01. The second-order valence-corrected chi connectivity index (χ2v) is 10.8. The Hall–Kier alpha value is 0.0669. The van der Waals surface area contributed by atoms with Gasteiger partial charge in [0.2, 0.25) is 0 Å². The van der Waals surface area contributed by atoms with Crippen LogP contribution in [0.1, 0.15) is 27.2 Å². The first kappa shape index (κ1) is 13.1. The zero-order chi connectivity index (χ0) is 11.7. The van der Waals surface area contributed by atoms with E-state index in [4.69, 9.17) is 4.43 Å². The third kappa shape index (κ3) is 3.54. The first-order chi connectivity index (χ1) is 6.72. The Balaban J connectivity index is 2.36. The van der Waals surface area contributed by atoms with Crippen molar-refractivity contribution in [2.75, 3.05) is 13.2 Å². The Bertz CT molecular complexity index is 215. The van der Waals surface area contributed by atoms with Crippen molar-refractivity contribution >= 4 is 8.32 Å². The fourth-order valence-corrected chi connectivity index (χ4v) is 2.47. The maximum absolute atomic E-state index is 12.9. The van der Waals surface area contributed by atoms with Gasteiger partial charge in [0.1, 0.15) is 6.17 Å². The van der Waals surface area contributed by atoms with Crippen LogP contribution in [0.25, 0.3) is 0 Å². The van der Waals surface area contributed by atoms with Gasteiger partial charge in [0.05, 0.1) is 0 Å². The molecule has 2 unspecified atom stereocenters. The van der Waals surface area contributed by atoms with Gasteiger partial charge in [0.15, 0.2) is 8.32 Å². The fourth-order valence-electron chi connectivity index (χ4n) is 1.42. The van der Waals surface area contributed by atoms with E-state index in [1.54, 1.807) is 0 Å². The number of rotatable bonds is 3. The minimum absolute atomic E-state index is 0.217. The van der Waals surface area contributed by atoms with Crippen LogP contribution >= 0.6 is 0 Å². The summed E-state index contributed by atoms with van der Waals surface area (Å²) >= 11 is 0. The molecule has 0 aromatic rings. The van der Waals surface area contributed by atoms with Crippen molar-refractivity contribution in [3.8, 4) is 0 Å². The van der Waals surface area contributed by atoms with Crippen molar-refractivity contribution in [2.24, 2.45) is 0 Å². The predicted molar refractivity (Wildman–Crippen MR) is 64.5 cm³/mol. The average molecular weight is 233 g/mol. The number of halogens is 1. The maximum atomic E-state index is 12.9. The maximum Gasteiger partial charge on any atom is 0.192 e. The highest BCUT2D eigenvalue weighted by atomic mass is 28.4. The summed E-state index contributed by atoms with van der Waals surface area (Å²) in [5, 5.41) is 3.39. The van der Waals surface area contributed by atoms with Crippen molar-refractivity contribution in [3.05, 3.63) is 0 Å². The van der Waals surface area contributed by atoms with Gasteiger partial charge in [0, 0.05) is 19.2 Å². The van der Waals surface area contributed by atoms with Crippen LogP contribution in [0.2, 0.25) is 18.1 Å². The summed E-state index contributed by atoms with van der Waals surface area (Å²) < 4.78 is 19.0. The van der Waals surface area contributed by atoms with Crippen LogP contribution in [-0.4, -0.2) is 33.7 Å².